The van der Waals surface area contributed by atoms with E-state index in [0.717, 1.165) is 19.6 Å². The van der Waals surface area contributed by atoms with Gasteiger partial charge in [-0.15, -0.1) is 0 Å². The molecule has 0 aliphatic heterocycles. The summed E-state index contributed by atoms with van der Waals surface area (Å²) in [6, 6.07) is 0.823. The van der Waals surface area contributed by atoms with E-state index >= 15 is 0 Å². The molecule has 2 atom stereocenters. The van der Waals surface area contributed by atoms with Crippen molar-refractivity contribution in [2.75, 3.05) is 27.3 Å². The van der Waals surface area contributed by atoms with Crippen molar-refractivity contribution < 1.29 is 4.74 Å². The number of nitrogens with zero attached hydrogens (tertiary/aromatic N) is 1. The summed E-state index contributed by atoms with van der Waals surface area (Å²) in [5.41, 5.74) is 5.67. The second kappa shape index (κ2) is 7.30. The molecule has 0 aromatic heterocycles. The minimum atomic E-state index is 0.325. The second-order valence-electron chi connectivity index (χ2n) is 3.90. The molecule has 0 saturated heterocycles. The van der Waals surface area contributed by atoms with Gasteiger partial charge in [0.25, 0.3) is 0 Å². The molecule has 80 valence electrons. The lowest BCUT2D eigenvalue weighted by atomic mass is 10.2. The highest BCUT2D eigenvalue weighted by molar-refractivity contribution is 4.63. The Kier molecular flexibility index (Phi) is 7.23. The van der Waals surface area contributed by atoms with Crippen LogP contribution in [0, 0.1) is 0 Å². The normalized spacial score (nSPS) is 16.2. The van der Waals surface area contributed by atoms with Gasteiger partial charge in [-0.1, -0.05) is 0 Å². The molecule has 0 fully saturated rings. The van der Waals surface area contributed by atoms with Crippen LogP contribution in [0.3, 0.4) is 0 Å². The molecular weight excluding hydrogens is 164 g/mol. The zero-order valence-electron chi connectivity index (χ0n) is 9.42. The summed E-state index contributed by atoms with van der Waals surface area (Å²) >= 11 is 0. The van der Waals surface area contributed by atoms with E-state index in [1.54, 1.807) is 7.11 Å². The fraction of sp³-hybridized carbons (Fsp3) is 1.00. The fourth-order valence-corrected chi connectivity index (χ4v) is 1.25. The van der Waals surface area contributed by atoms with Crippen LogP contribution in [0.4, 0.5) is 0 Å². The lowest BCUT2D eigenvalue weighted by Crippen LogP contribution is -2.34. The lowest BCUT2D eigenvalue weighted by Gasteiger charge is -2.24. The van der Waals surface area contributed by atoms with E-state index in [1.807, 2.05) is 0 Å². The number of likely N-dealkylation sites (N-methyl/N-ethyl adjacent to an activating group) is 1. The lowest BCUT2D eigenvalue weighted by molar-refractivity contribution is 0.114. The number of nitrogens with two attached hydrogens (primary N) is 1. The Bertz CT molecular complexity index is 117. The monoisotopic (exact) mass is 188 g/mol. The maximum Gasteiger partial charge on any atom is 0.0615 e. The van der Waals surface area contributed by atoms with Crippen molar-refractivity contribution in [3.63, 3.8) is 0 Å². The van der Waals surface area contributed by atoms with Gasteiger partial charge in [-0.25, -0.2) is 0 Å². The Morgan fingerprint density at radius 1 is 1.38 bits per heavy atom. The highest BCUT2D eigenvalue weighted by atomic mass is 16.5. The van der Waals surface area contributed by atoms with Crippen molar-refractivity contribution in [3.05, 3.63) is 0 Å². The Hall–Kier alpha value is -0.120. The van der Waals surface area contributed by atoms with Crippen LogP contribution in [0.5, 0.6) is 0 Å². The number of hydrogen-bond donors (Lipinski definition) is 1. The number of methoxy groups -OCH3 is 1. The van der Waals surface area contributed by atoms with E-state index < -0.39 is 0 Å². The quantitative estimate of drug-likeness (QED) is 0.650. The first-order chi connectivity index (χ1) is 6.07. The van der Waals surface area contributed by atoms with Crippen molar-refractivity contribution >= 4 is 0 Å². The van der Waals surface area contributed by atoms with Crippen LogP contribution in [-0.2, 0) is 4.74 Å². The highest BCUT2D eigenvalue weighted by Gasteiger charge is 2.07. The number of rotatable bonds is 7. The Balaban J connectivity index is 3.43. The first-order valence-corrected chi connectivity index (χ1v) is 5.02. The number of ether oxygens (including phenoxy) is 1. The summed E-state index contributed by atoms with van der Waals surface area (Å²) in [5, 5.41) is 0. The highest BCUT2D eigenvalue weighted by Crippen LogP contribution is 2.00. The van der Waals surface area contributed by atoms with Crippen LogP contribution in [0.2, 0.25) is 0 Å². The summed E-state index contributed by atoms with van der Waals surface area (Å²) in [6.45, 7) is 6.13. The molecule has 3 nitrogen and oxygen atoms in total. The molecule has 0 saturated carbocycles. The molecule has 0 bridgehead atoms. The van der Waals surface area contributed by atoms with Crippen LogP contribution in [0.15, 0.2) is 0 Å². The molecule has 0 aliphatic rings. The molecule has 0 aromatic carbocycles. The van der Waals surface area contributed by atoms with Crippen LogP contribution in [0.25, 0.3) is 0 Å². The van der Waals surface area contributed by atoms with E-state index in [9.17, 15) is 0 Å². The van der Waals surface area contributed by atoms with Crippen LogP contribution >= 0.6 is 0 Å². The predicted octanol–water partition coefficient (Wildman–Crippen LogP) is 1.08. The molecule has 0 spiro atoms. The maximum atomic E-state index is 5.67. The van der Waals surface area contributed by atoms with E-state index in [-0.39, 0.29) is 0 Å². The van der Waals surface area contributed by atoms with Crippen molar-refractivity contribution in [3.8, 4) is 0 Å². The third-order valence-electron chi connectivity index (χ3n) is 2.33. The Morgan fingerprint density at radius 2 is 2.00 bits per heavy atom. The number of hydrogen-bond acceptors (Lipinski definition) is 3. The summed E-state index contributed by atoms with van der Waals surface area (Å²) in [5.74, 6) is 0. The molecule has 2 N–H and O–H groups in total. The topological polar surface area (TPSA) is 38.5 Å². The van der Waals surface area contributed by atoms with Crippen LogP contribution in [0.1, 0.15) is 26.7 Å². The molecule has 0 aliphatic carbocycles. The molecule has 0 rings (SSSR count). The van der Waals surface area contributed by atoms with Gasteiger partial charge < -0.3 is 15.4 Å². The van der Waals surface area contributed by atoms with Gasteiger partial charge in [0.1, 0.15) is 0 Å². The van der Waals surface area contributed by atoms with Crippen molar-refractivity contribution in [1.29, 1.82) is 0 Å². The fourth-order valence-electron chi connectivity index (χ4n) is 1.25. The zero-order valence-corrected chi connectivity index (χ0v) is 9.42. The summed E-state index contributed by atoms with van der Waals surface area (Å²) in [4.78, 5) is 2.31. The van der Waals surface area contributed by atoms with Gasteiger partial charge in [-0.05, 0) is 40.3 Å². The molecular formula is C10H24N2O. The predicted molar refractivity (Wildman–Crippen MR) is 56.9 cm³/mol. The van der Waals surface area contributed by atoms with Gasteiger partial charge in [-0.2, -0.15) is 0 Å². The van der Waals surface area contributed by atoms with Gasteiger partial charge in [0.05, 0.1) is 6.61 Å². The van der Waals surface area contributed by atoms with E-state index in [2.05, 4.69) is 25.8 Å². The summed E-state index contributed by atoms with van der Waals surface area (Å²) < 4.78 is 5.09. The first kappa shape index (κ1) is 12.9. The second-order valence-corrected chi connectivity index (χ2v) is 3.90. The zero-order chi connectivity index (χ0) is 10.3. The molecule has 0 heterocycles. The van der Waals surface area contributed by atoms with Gasteiger partial charge in [0, 0.05) is 19.2 Å². The van der Waals surface area contributed by atoms with Gasteiger partial charge in [-0.3, -0.25) is 0 Å². The SMILES string of the molecule is COCC(C)N(C)CCCC(C)N. The maximum absolute atomic E-state index is 5.67. The third kappa shape index (κ3) is 6.99. The van der Waals surface area contributed by atoms with E-state index in [1.165, 1.54) is 6.42 Å². The minimum Gasteiger partial charge on any atom is -0.383 e. The van der Waals surface area contributed by atoms with Crippen LogP contribution in [-0.4, -0.2) is 44.3 Å². The summed E-state index contributed by atoms with van der Waals surface area (Å²) in [6.07, 6.45) is 2.27. The largest absolute Gasteiger partial charge is 0.383 e. The smallest absolute Gasteiger partial charge is 0.0615 e. The van der Waals surface area contributed by atoms with Crippen molar-refractivity contribution in [2.45, 2.75) is 38.8 Å². The van der Waals surface area contributed by atoms with Crippen molar-refractivity contribution in [2.24, 2.45) is 5.73 Å². The molecule has 0 amide bonds. The Morgan fingerprint density at radius 3 is 2.46 bits per heavy atom. The molecule has 2 unspecified atom stereocenters. The minimum absolute atomic E-state index is 0.325. The van der Waals surface area contributed by atoms with E-state index in [0.29, 0.717) is 12.1 Å². The van der Waals surface area contributed by atoms with Gasteiger partial charge >= 0.3 is 0 Å². The average molecular weight is 188 g/mol. The molecule has 13 heavy (non-hydrogen) atoms. The molecule has 0 radical (unpaired) electrons. The first-order valence-electron chi connectivity index (χ1n) is 5.02. The molecule has 3 heteroatoms. The van der Waals surface area contributed by atoms with Crippen LogP contribution < -0.4 is 5.73 Å². The van der Waals surface area contributed by atoms with Gasteiger partial charge in [0.2, 0.25) is 0 Å². The van der Waals surface area contributed by atoms with Gasteiger partial charge in [0.15, 0.2) is 0 Å². The third-order valence-corrected chi connectivity index (χ3v) is 2.33. The molecule has 0 aromatic rings. The average Bonchev–Trinajstić information content (AvgIpc) is 2.04. The van der Waals surface area contributed by atoms with Crippen molar-refractivity contribution in [1.82, 2.24) is 4.90 Å². The summed E-state index contributed by atoms with van der Waals surface area (Å²) in [7, 11) is 3.87. The standard InChI is InChI=1S/C10H24N2O/c1-9(11)6-5-7-12(3)10(2)8-13-4/h9-10H,5-8,11H2,1-4H3. The van der Waals surface area contributed by atoms with E-state index in [4.69, 9.17) is 10.5 Å². The Labute approximate surface area is 82.2 Å².